The lowest BCUT2D eigenvalue weighted by Gasteiger charge is -2.12. The van der Waals surface area contributed by atoms with Crippen LogP contribution in [0.1, 0.15) is 12.0 Å². The molecule has 31 heavy (non-hydrogen) atoms. The Morgan fingerprint density at radius 1 is 1.26 bits per heavy atom. The first-order valence-electron chi connectivity index (χ1n) is 8.89. The molecule has 12 heteroatoms. The summed E-state index contributed by atoms with van der Waals surface area (Å²) >= 11 is 0. The largest absolute Gasteiger partial charge is 0.497 e. The first-order valence-corrected chi connectivity index (χ1v) is 10.4. The van der Waals surface area contributed by atoms with Crippen molar-refractivity contribution in [3.8, 4) is 11.8 Å². The van der Waals surface area contributed by atoms with Crippen molar-refractivity contribution in [2.45, 2.75) is 13.0 Å². The van der Waals surface area contributed by atoms with Gasteiger partial charge < -0.3 is 9.15 Å². The van der Waals surface area contributed by atoms with E-state index in [9.17, 15) is 22.4 Å². The molecule has 0 saturated heterocycles. The van der Waals surface area contributed by atoms with Crippen LogP contribution in [0.4, 0.5) is 10.1 Å². The monoisotopic (exact) mass is 448 g/mol. The molecule has 162 valence electrons. The van der Waals surface area contributed by atoms with E-state index in [2.05, 4.69) is 4.72 Å². The highest BCUT2D eigenvalue weighted by Gasteiger charge is 2.17. The minimum atomic E-state index is -4.12. The zero-order valence-corrected chi connectivity index (χ0v) is 17.0. The van der Waals surface area contributed by atoms with Gasteiger partial charge in [-0.1, -0.05) is 12.1 Å². The van der Waals surface area contributed by atoms with Crippen molar-refractivity contribution < 1.29 is 22.0 Å². The van der Waals surface area contributed by atoms with Crippen molar-refractivity contribution in [1.82, 2.24) is 9.29 Å². The molecule has 0 fully saturated rings. The fourth-order valence-corrected chi connectivity index (χ4v) is 3.67. The molecule has 0 aliphatic rings. The van der Waals surface area contributed by atoms with E-state index in [4.69, 9.17) is 14.4 Å². The van der Waals surface area contributed by atoms with Crippen LogP contribution in [-0.4, -0.2) is 26.6 Å². The van der Waals surface area contributed by atoms with Gasteiger partial charge in [0.15, 0.2) is 5.82 Å². The molecule has 0 atom stereocenters. The molecule has 0 unspecified atom stereocenters. The molecule has 1 aromatic heterocycles. The van der Waals surface area contributed by atoms with Gasteiger partial charge in [0.1, 0.15) is 11.3 Å². The van der Waals surface area contributed by atoms with Crippen molar-refractivity contribution in [1.29, 1.82) is 5.26 Å². The number of anilines is 1. The van der Waals surface area contributed by atoms with Gasteiger partial charge in [0, 0.05) is 24.6 Å². The van der Waals surface area contributed by atoms with E-state index < -0.39 is 33.9 Å². The number of ether oxygens (including phenoxy) is 1. The summed E-state index contributed by atoms with van der Waals surface area (Å²) in [5.74, 6) is -1.58. The normalized spacial score (nSPS) is 11.3. The maximum Gasteiger partial charge on any atom is 0.422 e. The van der Waals surface area contributed by atoms with Crippen molar-refractivity contribution >= 4 is 26.9 Å². The molecule has 0 aliphatic heterocycles. The predicted molar refractivity (Wildman–Crippen MR) is 110 cm³/mol. The number of nitriles is 1. The second-order valence-corrected chi connectivity index (χ2v) is 7.81. The fourth-order valence-electron chi connectivity index (χ4n) is 2.78. The molecule has 1 heterocycles. The van der Waals surface area contributed by atoms with Gasteiger partial charge in [-0.05, 0) is 18.2 Å². The molecule has 0 bridgehead atoms. The average Bonchev–Trinajstić information content (AvgIpc) is 2.73. The van der Waals surface area contributed by atoms with Crippen LogP contribution < -0.4 is 25.5 Å². The summed E-state index contributed by atoms with van der Waals surface area (Å²) in [5, 5.41) is 8.57. The number of fused-ring (bicyclic) bond motifs is 1. The number of aromatic nitrogens is 1. The van der Waals surface area contributed by atoms with Crippen LogP contribution in [0, 0.1) is 17.1 Å². The van der Waals surface area contributed by atoms with Crippen molar-refractivity contribution in [3.05, 3.63) is 68.7 Å². The summed E-state index contributed by atoms with van der Waals surface area (Å²) in [7, 11) is -2.70. The first-order chi connectivity index (χ1) is 14.8. The first kappa shape index (κ1) is 22.0. The summed E-state index contributed by atoms with van der Waals surface area (Å²) in [6.45, 7) is -0.627. The number of benzene rings is 2. The second-order valence-electron chi connectivity index (χ2n) is 6.31. The van der Waals surface area contributed by atoms with Crippen LogP contribution in [0.2, 0.25) is 0 Å². The van der Waals surface area contributed by atoms with Gasteiger partial charge in [-0.3, -0.25) is 9.52 Å². The zero-order chi connectivity index (χ0) is 22.6. The van der Waals surface area contributed by atoms with Gasteiger partial charge in [0.2, 0.25) is 0 Å². The van der Waals surface area contributed by atoms with Crippen molar-refractivity contribution in [3.63, 3.8) is 0 Å². The number of halogens is 1. The molecule has 2 N–H and O–H groups in total. The lowest BCUT2D eigenvalue weighted by Crippen LogP contribution is -2.33. The Hall–Kier alpha value is -3.69. The maximum atomic E-state index is 14.9. The summed E-state index contributed by atoms with van der Waals surface area (Å²) in [6, 6.07) is 9.95. The Morgan fingerprint density at radius 3 is 2.74 bits per heavy atom. The van der Waals surface area contributed by atoms with Gasteiger partial charge in [-0.25, -0.2) is 13.8 Å². The van der Waals surface area contributed by atoms with Gasteiger partial charge >= 0.3 is 5.76 Å². The lowest BCUT2D eigenvalue weighted by atomic mass is 10.2. The number of hydrogen-bond donors (Lipinski definition) is 2. The number of rotatable bonds is 8. The molecular formula is C19H17FN4O6S. The number of methoxy groups -OCH3 is 1. The molecule has 3 rings (SSSR count). The van der Waals surface area contributed by atoms with Crippen LogP contribution in [-0.2, 0) is 16.8 Å². The number of nitrogens with zero attached hydrogens (tertiary/aromatic N) is 2. The van der Waals surface area contributed by atoms with E-state index in [-0.39, 0.29) is 35.2 Å². The Labute approximate surface area is 175 Å². The summed E-state index contributed by atoms with van der Waals surface area (Å²) in [4.78, 5) is 25.0. The molecule has 0 amide bonds. The zero-order valence-electron chi connectivity index (χ0n) is 16.2. The third kappa shape index (κ3) is 4.90. The quantitative estimate of drug-likeness (QED) is 0.495. The number of nitrogens with one attached hydrogen (secondary N) is 2. The smallest absolute Gasteiger partial charge is 0.422 e. The average molecular weight is 448 g/mol. The molecular weight excluding hydrogens is 431 g/mol. The van der Waals surface area contributed by atoms with Crippen LogP contribution in [0.5, 0.6) is 5.75 Å². The molecule has 10 nitrogen and oxygen atoms in total. The Balaban J connectivity index is 1.94. The van der Waals surface area contributed by atoms with Gasteiger partial charge in [-0.15, -0.1) is 0 Å². The Kier molecular flexibility index (Phi) is 6.38. The highest BCUT2D eigenvalue weighted by atomic mass is 32.2. The van der Waals surface area contributed by atoms with Crippen molar-refractivity contribution in [2.24, 2.45) is 0 Å². The SMILES string of the molecule is COc1ccc2c(=O)n(Cc3cccc(NS(=O)(=O)NCCC#N)c3F)c(=O)oc2c1. The summed E-state index contributed by atoms with van der Waals surface area (Å²) < 4.78 is 53.8. The van der Waals surface area contributed by atoms with Crippen LogP contribution in [0.3, 0.4) is 0 Å². The van der Waals surface area contributed by atoms with Gasteiger partial charge in [0.05, 0.1) is 30.8 Å². The maximum absolute atomic E-state index is 14.9. The third-order valence-electron chi connectivity index (χ3n) is 4.26. The lowest BCUT2D eigenvalue weighted by molar-refractivity contribution is 0.412. The van der Waals surface area contributed by atoms with E-state index in [0.29, 0.717) is 10.3 Å². The van der Waals surface area contributed by atoms with E-state index in [1.54, 1.807) is 6.07 Å². The van der Waals surface area contributed by atoms with Crippen molar-refractivity contribution in [2.75, 3.05) is 18.4 Å². The van der Waals surface area contributed by atoms with E-state index in [0.717, 1.165) is 0 Å². The predicted octanol–water partition coefficient (Wildman–Crippen LogP) is 1.31. The molecule has 0 saturated carbocycles. The molecule has 0 aliphatic carbocycles. The highest BCUT2D eigenvalue weighted by molar-refractivity contribution is 7.90. The second kappa shape index (κ2) is 8.99. The molecule has 3 aromatic rings. The minimum absolute atomic E-state index is 0.0241. The fraction of sp³-hybridized carbons (Fsp3) is 0.211. The minimum Gasteiger partial charge on any atom is -0.497 e. The van der Waals surface area contributed by atoms with E-state index in [1.807, 2.05) is 4.72 Å². The van der Waals surface area contributed by atoms with Crippen LogP contribution in [0.25, 0.3) is 11.0 Å². The summed E-state index contributed by atoms with van der Waals surface area (Å²) in [6.07, 6.45) is -0.0596. The summed E-state index contributed by atoms with van der Waals surface area (Å²) in [5.41, 5.74) is -1.17. The standard InChI is InChI=1S/C19H17FN4O6S/c1-29-13-6-7-14-16(10-13)30-19(26)24(18(14)25)11-12-4-2-5-15(17(12)20)23-31(27,28)22-9-3-8-21/h2,4-7,10,22-23H,3,9,11H2,1H3. The third-order valence-corrected chi connectivity index (χ3v) is 5.34. The number of hydrogen-bond acceptors (Lipinski definition) is 7. The Morgan fingerprint density at radius 2 is 2.03 bits per heavy atom. The van der Waals surface area contributed by atoms with Crippen LogP contribution >= 0.6 is 0 Å². The van der Waals surface area contributed by atoms with Gasteiger partial charge in [0.25, 0.3) is 15.8 Å². The van der Waals surface area contributed by atoms with Crippen LogP contribution in [0.15, 0.2) is 50.4 Å². The van der Waals surface area contributed by atoms with Gasteiger partial charge in [-0.2, -0.15) is 18.4 Å². The van der Waals surface area contributed by atoms with E-state index >= 15 is 0 Å². The van der Waals surface area contributed by atoms with E-state index in [1.165, 1.54) is 43.5 Å². The molecule has 0 radical (unpaired) electrons. The Bertz CT molecular complexity index is 1390. The molecule has 2 aromatic carbocycles. The topological polar surface area (TPSA) is 143 Å². The molecule has 0 spiro atoms. The highest BCUT2D eigenvalue weighted by Crippen LogP contribution is 2.20.